The maximum absolute atomic E-state index is 12.5. The molecule has 128 valence electrons. The van der Waals surface area contributed by atoms with Gasteiger partial charge in [0.15, 0.2) is 0 Å². The lowest BCUT2D eigenvalue weighted by atomic mass is 10.2. The quantitative estimate of drug-likeness (QED) is 0.410. The molecular weight excluding hydrogens is 338 g/mol. The molecule has 4 aromatic rings. The molecule has 0 radical (unpaired) electrons. The molecule has 0 bridgehead atoms. The second-order valence-electron chi connectivity index (χ2n) is 5.50. The summed E-state index contributed by atoms with van der Waals surface area (Å²) in [5, 5.41) is 19.1. The predicted octanol–water partition coefficient (Wildman–Crippen LogP) is 2.40. The van der Waals surface area contributed by atoms with Crippen LogP contribution in [0.25, 0.3) is 22.4 Å². The standard InChI is InChI=1S/C17H11N5O4/c23-17-13-3-1-2-4-14(13)18-10-21(17)9-15-19-20-16(26-15)11-5-7-12(8-6-11)22(24)25/h1-8,10H,9H2. The van der Waals surface area contributed by atoms with E-state index in [1.54, 1.807) is 18.2 Å². The molecule has 0 fully saturated rings. The minimum atomic E-state index is -0.484. The van der Waals surface area contributed by atoms with Crippen molar-refractivity contribution in [2.75, 3.05) is 0 Å². The summed E-state index contributed by atoms with van der Waals surface area (Å²) in [5.41, 5.74) is 0.942. The van der Waals surface area contributed by atoms with Crippen LogP contribution in [0.3, 0.4) is 0 Å². The van der Waals surface area contributed by atoms with Crippen LogP contribution in [-0.2, 0) is 6.54 Å². The van der Waals surface area contributed by atoms with Gasteiger partial charge in [0.25, 0.3) is 11.2 Å². The number of nitro groups is 1. The second kappa shape index (κ2) is 6.20. The number of nitro benzene ring substituents is 1. The van der Waals surface area contributed by atoms with E-state index in [2.05, 4.69) is 15.2 Å². The number of hydrogen-bond donors (Lipinski definition) is 0. The molecule has 0 aliphatic heterocycles. The molecule has 0 aliphatic rings. The molecule has 2 aromatic heterocycles. The fraction of sp³-hybridized carbons (Fsp3) is 0.0588. The molecule has 26 heavy (non-hydrogen) atoms. The Morgan fingerprint density at radius 2 is 1.85 bits per heavy atom. The first-order valence-electron chi connectivity index (χ1n) is 7.63. The van der Waals surface area contributed by atoms with Crippen molar-refractivity contribution in [3.63, 3.8) is 0 Å². The first-order chi connectivity index (χ1) is 12.6. The zero-order valence-electron chi connectivity index (χ0n) is 13.3. The zero-order valence-corrected chi connectivity index (χ0v) is 13.3. The van der Waals surface area contributed by atoms with Crippen molar-refractivity contribution in [1.29, 1.82) is 0 Å². The third-order valence-corrected chi connectivity index (χ3v) is 3.83. The molecule has 4 rings (SSSR count). The van der Waals surface area contributed by atoms with Gasteiger partial charge >= 0.3 is 0 Å². The molecule has 0 aliphatic carbocycles. The van der Waals surface area contributed by atoms with Gasteiger partial charge in [0, 0.05) is 17.7 Å². The second-order valence-corrected chi connectivity index (χ2v) is 5.50. The molecule has 2 aromatic carbocycles. The van der Waals surface area contributed by atoms with Gasteiger partial charge in [-0.15, -0.1) is 10.2 Å². The number of nitrogens with zero attached hydrogens (tertiary/aromatic N) is 5. The lowest BCUT2D eigenvalue weighted by Gasteiger charge is -2.03. The Labute approximate surface area is 145 Å². The molecule has 0 atom stereocenters. The van der Waals surface area contributed by atoms with Gasteiger partial charge in [0.05, 0.1) is 22.2 Å². The van der Waals surface area contributed by atoms with E-state index >= 15 is 0 Å². The number of rotatable bonds is 4. The monoisotopic (exact) mass is 349 g/mol. The minimum Gasteiger partial charge on any atom is -0.419 e. The normalized spacial score (nSPS) is 10.9. The Kier molecular flexibility index (Phi) is 3.73. The van der Waals surface area contributed by atoms with E-state index in [-0.39, 0.29) is 29.6 Å². The highest BCUT2D eigenvalue weighted by Crippen LogP contribution is 2.21. The summed E-state index contributed by atoms with van der Waals surface area (Å²) >= 11 is 0. The third-order valence-electron chi connectivity index (χ3n) is 3.83. The van der Waals surface area contributed by atoms with E-state index < -0.39 is 4.92 Å². The third kappa shape index (κ3) is 2.81. The van der Waals surface area contributed by atoms with Crippen molar-refractivity contribution in [2.45, 2.75) is 6.54 Å². The average Bonchev–Trinajstić information content (AvgIpc) is 3.13. The highest BCUT2D eigenvalue weighted by molar-refractivity contribution is 5.76. The molecule has 2 heterocycles. The van der Waals surface area contributed by atoms with Crippen molar-refractivity contribution in [1.82, 2.24) is 19.7 Å². The first-order valence-corrected chi connectivity index (χ1v) is 7.63. The number of benzene rings is 2. The van der Waals surface area contributed by atoms with Crippen LogP contribution in [0, 0.1) is 10.1 Å². The van der Waals surface area contributed by atoms with Crippen molar-refractivity contribution >= 4 is 16.6 Å². The van der Waals surface area contributed by atoms with Gasteiger partial charge in [0.1, 0.15) is 6.54 Å². The molecule has 9 heteroatoms. The molecule has 0 spiro atoms. The molecular formula is C17H11N5O4. The number of aromatic nitrogens is 4. The van der Waals surface area contributed by atoms with Gasteiger partial charge < -0.3 is 4.42 Å². The largest absolute Gasteiger partial charge is 0.419 e. The van der Waals surface area contributed by atoms with Crippen LogP contribution in [-0.4, -0.2) is 24.7 Å². The molecule has 0 unspecified atom stereocenters. The fourth-order valence-corrected chi connectivity index (χ4v) is 2.52. The fourth-order valence-electron chi connectivity index (χ4n) is 2.52. The number of para-hydroxylation sites is 1. The van der Waals surface area contributed by atoms with E-state index in [1.165, 1.54) is 35.2 Å². The summed E-state index contributed by atoms with van der Waals surface area (Å²) in [7, 11) is 0. The highest BCUT2D eigenvalue weighted by atomic mass is 16.6. The van der Waals surface area contributed by atoms with Crippen molar-refractivity contribution in [3.05, 3.63) is 81.2 Å². The summed E-state index contributed by atoms with van der Waals surface area (Å²) in [6.07, 6.45) is 1.43. The Bertz CT molecular complexity index is 1160. The molecule has 0 N–H and O–H groups in total. The summed E-state index contributed by atoms with van der Waals surface area (Å²) in [5.74, 6) is 0.453. The van der Waals surface area contributed by atoms with Gasteiger partial charge in [-0.1, -0.05) is 12.1 Å². The molecule has 0 saturated heterocycles. The maximum atomic E-state index is 12.5. The minimum absolute atomic E-state index is 0.0257. The summed E-state index contributed by atoms with van der Waals surface area (Å²) in [6.45, 7) is 0.0800. The lowest BCUT2D eigenvalue weighted by molar-refractivity contribution is -0.384. The predicted molar refractivity (Wildman–Crippen MR) is 91.5 cm³/mol. The highest BCUT2D eigenvalue weighted by Gasteiger charge is 2.12. The van der Waals surface area contributed by atoms with Gasteiger partial charge in [-0.3, -0.25) is 19.5 Å². The Hall–Kier alpha value is -3.88. The van der Waals surface area contributed by atoms with Crippen LogP contribution in [0.1, 0.15) is 5.89 Å². The summed E-state index contributed by atoms with van der Waals surface area (Å²) in [6, 6.07) is 12.8. The Morgan fingerprint density at radius 3 is 2.62 bits per heavy atom. The van der Waals surface area contributed by atoms with Crippen molar-refractivity contribution in [3.8, 4) is 11.5 Å². The van der Waals surface area contributed by atoms with Gasteiger partial charge in [-0.2, -0.15) is 0 Å². The topological polar surface area (TPSA) is 117 Å². The van der Waals surface area contributed by atoms with Crippen molar-refractivity contribution < 1.29 is 9.34 Å². The van der Waals surface area contributed by atoms with E-state index in [4.69, 9.17) is 4.42 Å². The van der Waals surface area contributed by atoms with E-state index in [0.717, 1.165) is 0 Å². The van der Waals surface area contributed by atoms with E-state index in [0.29, 0.717) is 16.5 Å². The number of non-ortho nitro benzene ring substituents is 1. The smallest absolute Gasteiger partial charge is 0.269 e. The van der Waals surface area contributed by atoms with Gasteiger partial charge in [-0.05, 0) is 24.3 Å². The van der Waals surface area contributed by atoms with E-state index in [1.807, 2.05) is 6.07 Å². The molecule has 0 amide bonds. The van der Waals surface area contributed by atoms with Crippen LogP contribution >= 0.6 is 0 Å². The Morgan fingerprint density at radius 1 is 1.08 bits per heavy atom. The zero-order chi connectivity index (χ0) is 18.1. The van der Waals surface area contributed by atoms with Crippen LogP contribution in [0.15, 0.2) is 64.1 Å². The molecule has 0 saturated carbocycles. The SMILES string of the molecule is O=c1c2ccccc2ncn1Cc1nnc(-c2ccc([N+](=O)[O-])cc2)o1. The Balaban J connectivity index is 1.62. The van der Waals surface area contributed by atoms with Crippen LogP contribution in [0.2, 0.25) is 0 Å². The van der Waals surface area contributed by atoms with Crippen LogP contribution in [0.5, 0.6) is 0 Å². The summed E-state index contributed by atoms with van der Waals surface area (Å²) in [4.78, 5) is 26.9. The maximum Gasteiger partial charge on any atom is 0.269 e. The lowest BCUT2D eigenvalue weighted by Crippen LogP contribution is -2.21. The van der Waals surface area contributed by atoms with Crippen LogP contribution in [0.4, 0.5) is 5.69 Å². The van der Waals surface area contributed by atoms with Crippen LogP contribution < -0.4 is 5.56 Å². The average molecular weight is 349 g/mol. The number of hydrogen-bond acceptors (Lipinski definition) is 7. The van der Waals surface area contributed by atoms with E-state index in [9.17, 15) is 14.9 Å². The van der Waals surface area contributed by atoms with Crippen molar-refractivity contribution in [2.24, 2.45) is 0 Å². The van der Waals surface area contributed by atoms with Gasteiger partial charge in [0.2, 0.25) is 11.8 Å². The van der Waals surface area contributed by atoms with Gasteiger partial charge in [-0.25, -0.2) is 4.98 Å². The first kappa shape index (κ1) is 15.6. The number of fused-ring (bicyclic) bond motifs is 1. The summed E-state index contributed by atoms with van der Waals surface area (Å²) < 4.78 is 6.95. The molecule has 9 nitrogen and oxygen atoms in total.